The lowest BCUT2D eigenvalue weighted by Gasteiger charge is -2.17. The number of nitrogens with zero attached hydrogens (tertiary/aromatic N) is 2. The molecular weight excluding hydrogens is 298 g/mol. The lowest BCUT2D eigenvalue weighted by molar-refractivity contribution is -0.385. The Bertz CT molecular complexity index is 798. The number of nitrogens with one attached hydrogen (secondary N) is 1. The van der Waals surface area contributed by atoms with Crippen molar-refractivity contribution in [3.63, 3.8) is 0 Å². The molecule has 0 saturated heterocycles. The number of hydrogen-bond acceptors (Lipinski definition) is 4. The Morgan fingerprint density at radius 3 is 2.65 bits per heavy atom. The van der Waals surface area contributed by atoms with Crippen molar-refractivity contribution < 1.29 is 9.72 Å². The largest absolute Gasteiger partial charge is 0.348 e. The van der Waals surface area contributed by atoms with Crippen molar-refractivity contribution in [1.82, 2.24) is 9.88 Å². The Kier molecular flexibility index (Phi) is 4.90. The van der Waals surface area contributed by atoms with Crippen LogP contribution in [0.5, 0.6) is 0 Å². The van der Waals surface area contributed by atoms with Gasteiger partial charge in [-0.25, -0.2) is 0 Å². The molecule has 1 aromatic carbocycles. The Morgan fingerprint density at radius 2 is 2.00 bits per heavy atom. The van der Waals surface area contributed by atoms with Crippen LogP contribution in [0.2, 0.25) is 0 Å². The van der Waals surface area contributed by atoms with E-state index in [0.29, 0.717) is 0 Å². The highest BCUT2D eigenvalue weighted by molar-refractivity contribution is 5.76. The van der Waals surface area contributed by atoms with Crippen LogP contribution in [0.1, 0.15) is 24.1 Å². The van der Waals surface area contributed by atoms with Crippen molar-refractivity contribution in [2.45, 2.75) is 26.4 Å². The van der Waals surface area contributed by atoms with E-state index in [2.05, 4.69) is 5.32 Å². The molecule has 1 atom stereocenters. The molecule has 2 rings (SSSR count). The first-order valence-corrected chi connectivity index (χ1v) is 7.08. The monoisotopic (exact) mass is 315 g/mol. The topological polar surface area (TPSA) is 94.2 Å². The average molecular weight is 315 g/mol. The number of amides is 1. The van der Waals surface area contributed by atoms with Crippen LogP contribution < -0.4 is 10.9 Å². The summed E-state index contributed by atoms with van der Waals surface area (Å²) in [4.78, 5) is 33.9. The molecule has 0 aliphatic heterocycles. The van der Waals surface area contributed by atoms with Gasteiger partial charge in [-0.15, -0.1) is 0 Å². The molecule has 7 nitrogen and oxygen atoms in total. The highest BCUT2D eigenvalue weighted by Gasteiger charge is 2.14. The molecule has 1 amide bonds. The number of nitro groups is 1. The van der Waals surface area contributed by atoms with E-state index in [1.165, 1.54) is 0 Å². The normalized spacial score (nSPS) is 11.7. The SMILES string of the molecule is Cc1ccccc1C(C)NC(=O)Cn1cc([N+](=O)[O-])ccc1=O. The number of hydrogen-bond donors (Lipinski definition) is 1. The number of carbonyl (C=O) groups excluding carboxylic acids is 1. The number of aromatic nitrogens is 1. The summed E-state index contributed by atoms with van der Waals surface area (Å²) in [5.74, 6) is -0.386. The van der Waals surface area contributed by atoms with Gasteiger partial charge in [0.2, 0.25) is 5.91 Å². The summed E-state index contributed by atoms with van der Waals surface area (Å²) in [5.41, 5.74) is 1.33. The summed E-state index contributed by atoms with van der Waals surface area (Å²) in [6.07, 6.45) is 1.07. The van der Waals surface area contributed by atoms with Crippen molar-refractivity contribution in [3.8, 4) is 0 Å². The molecule has 0 bridgehead atoms. The highest BCUT2D eigenvalue weighted by Crippen LogP contribution is 2.16. The van der Waals surface area contributed by atoms with Crippen LogP contribution in [-0.2, 0) is 11.3 Å². The van der Waals surface area contributed by atoms with Crippen LogP contribution in [0.15, 0.2) is 47.4 Å². The second kappa shape index (κ2) is 6.87. The first-order valence-electron chi connectivity index (χ1n) is 7.08. The molecule has 0 radical (unpaired) electrons. The van der Waals surface area contributed by atoms with Gasteiger partial charge in [-0.3, -0.25) is 24.3 Å². The van der Waals surface area contributed by atoms with Gasteiger partial charge in [-0.1, -0.05) is 24.3 Å². The lowest BCUT2D eigenvalue weighted by Crippen LogP contribution is -2.33. The van der Waals surface area contributed by atoms with E-state index in [-0.39, 0.29) is 24.2 Å². The number of pyridine rings is 1. The van der Waals surface area contributed by atoms with Gasteiger partial charge in [-0.2, -0.15) is 0 Å². The van der Waals surface area contributed by atoms with Gasteiger partial charge >= 0.3 is 0 Å². The van der Waals surface area contributed by atoms with Gasteiger partial charge in [-0.05, 0) is 25.0 Å². The molecule has 0 aliphatic rings. The fourth-order valence-electron chi connectivity index (χ4n) is 2.34. The molecule has 1 aromatic heterocycles. The zero-order chi connectivity index (χ0) is 17.0. The van der Waals surface area contributed by atoms with E-state index in [9.17, 15) is 19.7 Å². The quantitative estimate of drug-likeness (QED) is 0.674. The molecule has 0 aliphatic carbocycles. The van der Waals surface area contributed by atoms with Crippen LogP contribution in [0.4, 0.5) is 5.69 Å². The average Bonchev–Trinajstić information content (AvgIpc) is 2.49. The molecule has 7 heteroatoms. The van der Waals surface area contributed by atoms with E-state index in [1.807, 2.05) is 38.1 Å². The fourth-order valence-corrected chi connectivity index (χ4v) is 2.34. The molecule has 1 heterocycles. The van der Waals surface area contributed by atoms with Crippen LogP contribution in [0.3, 0.4) is 0 Å². The van der Waals surface area contributed by atoms with E-state index in [0.717, 1.165) is 34.0 Å². The van der Waals surface area contributed by atoms with Gasteiger partial charge in [0.1, 0.15) is 6.54 Å². The number of rotatable bonds is 5. The van der Waals surface area contributed by atoms with Crippen LogP contribution in [-0.4, -0.2) is 15.4 Å². The maximum Gasteiger partial charge on any atom is 0.285 e. The summed E-state index contributed by atoms with van der Waals surface area (Å²) in [6, 6.07) is 9.63. The third-order valence-corrected chi connectivity index (χ3v) is 3.53. The summed E-state index contributed by atoms with van der Waals surface area (Å²) >= 11 is 0. The zero-order valence-electron chi connectivity index (χ0n) is 12.9. The fraction of sp³-hybridized carbons (Fsp3) is 0.250. The zero-order valence-corrected chi connectivity index (χ0v) is 12.9. The minimum absolute atomic E-state index is 0.224. The molecule has 0 fully saturated rings. The maximum absolute atomic E-state index is 12.1. The molecule has 0 spiro atoms. The molecule has 23 heavy (non-hydrogen) atoms. The van der Waals surface area contributed by atoms with Gasteiger partial charge < -0.3 is 5.32 Å². The predicted molar refractivity (Wildman–Crippen MR) is 85.1 cm³/mol. The van der Waals surface area contributed by atoms with Crippen molar-refractivity contribution >= 4 is 11.6 Å². The second-order valence-corrected chi connectivity index (χ2v) is 5.26. The van der Waals surface area contributed by atoms with E-state index in [4.69, 9.17) is 0 Å². The summed E-state index contributed by atoms with van der Waals surface area (Å²) in [5, 5.41) is 13.5. The van der Waals surface area contributed by atoms with Gasteiger partial charge in [0.05, 0.1) is 17.2 Å². The number of carbonyl (C=O) groups is 1. The van der Waals surface area contributed by atoms with Crippen molar-refractivity contribution in [2.24, 2.45) is 0 Å². The van der Waals surface area contributed by atoms with Gasteiger partial charge in [0, 0.05) is 12.1 Å². The first kappa shape index (κ1) is 16.4. The smallest absolute Gasteiger partial charge is 0.285 e. The van der Waals surface area contributed by atoms with Crippen molar-refractivity contribution in [3.05, 3.63) is 74.2 Å². The van der Waals surface area contributed by atoms with Crippen LogP contribution >= 0.6 is 0 Å². The molecule has 2 aromatic rings. The Labute approximate surface area is 132 Å². The lowest BCUT2D eigenvalue weighted by atomic mass is 10.0. The van der Waals surface area contributed by atoms with Crippen molar-refractivity contribution in [1.29, 1.82) is 0 Å². The van der Waals surface area contributed by atoms with E-state index >= 15 is 0 Å². The molecule has 120 valence electrons. The third-order valence-electron chi connectivity index (χ3n) is 3.53. The molecule has 0 saturated carbocycles. The summed E-state index contributed by atoms with van der Waals surface area (Å²) in [7, 11) is 0. The summed E-state index contributed by atoms with van der Waals surface area (Å²) < 4.78 is 1.03. The second-order valence-electron chi connectivity index (χ2n) is 5.26. The standard InChI is InChI=1S/C16H17N3O4/c1-11-5-3-4-6-14(11)12(2)17-15(20)10-18-9-13(19(22)23)7-8-16(18)21/h3-9,12H,10H2,1-2H3,(H,17,20). The molecular formula is C16H17N3O4. The van der Waals surface area contributed by atoms with Crippen LogP contribution in [0, 0.1) is 17.0 Å². The maximum atomic E-state index is 12.1. The minimum atomic E-state index is -0.607. The third kappa shape index (κ3) is 4.03. The molecule has 1 unspecified atom stereocenters. The number of benzene rings is 1. The van der Waals surface area contributed by atoms with Gasteiger partial charge in [0.25, 0.3) is 11.2 Å². The molecule has 1 N–H and O–H groups in total. The highest BCUT2D eigenvalue weighted by atomic mass is 16.6. The van der Waals surface area contributed by atoms with Gasteiger partial charge in [0.15, 0.2) is 0 Å². The number of aryl methyl sites for hydroxylation is 1. The van der Waals surface area contributed by atoms with Crippen LogP contribution in [0.25, 0.3) is 0 Å². The first-order chi connectivity index (χ1) is 10.9. The predicted octanol–water partition coefficient (Wildman–Crippen LogP) is 1.94. The Morgan fingerprint density at radius 1 is 1.30 bits per heavy atom. The van der Waals surface area contributed by atoms with E-state index in [1.54, 1.807) is 0 Å². The minimum Gasteiger partial charge on any atom is -0.348 e. The van der Waals surface area contributed by atoms with E-state index < -0.39 is 10.5 Å². The van der Waals surface area contributed by atoms with Crippen molar-refractivity contribution in [2.75, 3.05) is 0 Å². The Balaban J connectivity index is 2.11. The Hall–Kier alpha value is -2.96. The summed E-state index contributed by atoms with van der Waals surface area (Å²) in [6.45, 7) is 3.52.